The molecule has 1 aliphatic carbocycles. The van der Waals surface area contributed by atoms with Crippen molar-refractivity contribution in [2.45, 2.75) is 52.5 Å². The van der Waals surface area contributed by atoms with Crippen LogP contribution in [0.3, 0.4) is 0 Å². The summed E-state index contributed by atoms with van der Waals surface area (Å²) < 4.78 is 2.09. The Morgan fingerprint density at radius 2 is 2.19 bits per heavy atom. The minimum absolute atomic E-state index is 0.165. The van der Waals surface area contributed by atoms with Gasteiger partial charge in [-0.25, -0.2) is 0 Å². The predicted molar refractivity (Wildman–Crippen MR) is 64.4 cm³/mol. The van der Waals surface area contributed by atoms with Crippen molar-refractivity contribution >= 4 is 0 Å². The van der Waals surface area contributed by atoms with Gasteiger partial charge in [0.2, 0.25) is 0 Å². The Morgan fingerprint density at radius 3 is 2.62 bits per heavy atom. The third kappa shape index (κ3) is 2.01. The SMILES string of the molecule is CCc1cc(CC2(CO)CCC2)n(CC)n1. The van der Waals surface area contributed by atoms with E-state index in [4.69, 9.17) is 0 Å². The molecule has 3 heteroatoms. The molecule has 1 fully saturated rings. The van der Waals surface area contributed by atoms with Gasteiger partial charge in [0.1, 0.15) is 0 Å². The number of aromatic nitrogens is 2. The van der Waals surface area contributed by atoms with Crippen molar-refractivity contribution in [3.05, 3.63) is 17.5 Å². The van der Waals surface area contributed by atoms with Crippen molar-refractivity contribution in [1.29, 1.82) is 0 Å². The maximum atomic E-state index is 9.50. The molecule has 1 N–H and O–H groups in total. The molecular formula is C13H22N2O. The number of aliphatic hydroxyl groups is 1. The first-order chi connectivity index (χ1) is 7.73. The van der Waals surface area contributed by atoms with Crippen LogP contribution in [0.15, 0.2) is 6.07 Å². The molecule has 3 nitrogen and oxygen atoms in total. The fraction of sp³-hybridized carbons (Fsp3) is 0.769. The summed E-state index contributed by atoms with van der Waals surface area (Å²) in [7, 11) is 0. The van der Waals surface area contributed by atoms with Gasteiger partial charge in [0, 0.05) is 18.8 Å². The smallest absolute Gasteiger partial charge is 0.0624 e. The van der Waals surface area contributed by atoms with Gasteiger partial charge >= 0.3 is 0 Å². The van der Waals surface area contributed by atoms with E-state index in [2.05, 4.69) is 29.7 Å². The second kappa shape index (κ2) is 4.58. The zero-order valence-corrected chi connectivity index (χ0v) is 10.4. The fourth-order valence-corrected chi connectivity index (χ4v) is 2.56. The highest BCUT2D eigenvalue weighted by Crippen LogP contribution is 2.43. The lowest BCUT2D eigenvalue weighted by Gasteiger charge is -2.40. The van der Waals surface area contributed by atoms with E-state index in [0.717, 1.165) is 19.4 Å². The monoisotopic (exact) mass is 222 g/mol. The average Bonchev–Trinajstić information content (AvgIpc) is 2.65. The van der Waals surface area contributed by atoms with E-state index < -0.39 is 0 Å². The van der Waals surface area contributed by atoms with Crippen molar-refractivity contribution in [2.75, 3.05) is 6.61 Å². The topological polar surface area (TPSA) is 38.0 Å². The van der Waals surface area contributed by atoms with Gasteiger partial charge in [-0.3, -0.25) is 4.68 Å². The lowest BCUT2D eigenvalue weighted by molar-refractivity contribution is 0.0431. The summed E-state index contributed by atoms with van der Waals surface area (Å²) in [5.74, 6) is 0. The van der Waals surface area contributed by atoms with Crippen LogP contribution in [-0.2, 0) is 19.4 Å². The number of aliphatic hydroxyl groups excluding tert-OH is 1. The van der Waals surface area contributed by atoms with E-state index in [1.807, 2.05) is 0 Å². The summed E-state index contributed by atoms with van der Waals surface area (Å²) in [4.78, 5) is 0. The third-order valence-electron chi connectivity index (χ3n) is 3.88. The molecule has 1 aromatic heterocycles. The Balaban J connectivity index is 2.16. The molecule has 1 heterocycles. The summed E-state index contributed by atoms with van der Waals surface area (Å²) >= 11 is 0. The predicted octanol–water partition coefficient (Wildman–Crippen LogP) is 2.17. The van der Waals surface area contributed by atoms with Crippen LogP contribution in [-0.4, -0.2) is 21.5 Å². The Hall–Kier alpha value is -0.830. The highest BCUT2D eigenvalue weighted by atomic mass is 16.3. The fourth-order valence-electron chi connectivity index (χ4n) is 2.56. The third-order valence-corrected chi connectivity index (χ3v) is 3.88. The van der Waals surface area contributed by atoms with Gasteiger partial charge in [0.25, 0.3) is 0 Å². The van der Waals surface area contributed by atoms with Crippen molar-refractivity contribution < 1.29 is 5.11 Å². The molecule has 0 unspecified atom stereocenters. The molecule has 16 heavy (non-hydrogen) atoms. The molecule has 0 atom stereocenters. The minimum Gasteiger partial charge on any atom is -0.396 e. The summed E-state index contributed by atoms with van der Waals surface area (Å²) in [5.41, 5.74) is 2.63. The zero-order valence-electron chi connectivity index (χ0n) is 10.4. The molecule has 1 aromatic rings. The molecule has 0 spiro atoms. The highest BCUT2D eigenvalue weighted by Gasteiger charge is 2.37. The average molecular weight is 222 g/mol. The van der Waals surface area contributed by atoms with Gasteiger partial charge in [0.15, 0.2) is 0 Å². The van der Waals surface area contributed by atoms with E-state index in [1.54, 1.807) is 0 Å². The van der Waals surface area contributed by atoms with Gasteiger partial charge in [-0.2, -0.15) is 5.10 Å². The van der Waals surface area contributed by atoms with Gasteiger partial charge in [0.05, 0.1) is 5.69 Å². The van der Waals surface area contributed by atoms with Gasteiger partial charge in [-0.15, -0.1) is 0 Å². The molecule has 0 bridgehead atoms. The Morgan fingerprint density at radius 1 is 1.44 bits per heavy atom. The van der Waals surface area contributed by atoms with Crippen LogP contribution >= 0.6 is 0 Å². The van der Waals surface area contributed by atoms with E-state index in [0.29, 0.717) is 6.61 Å². The summed E-state index contributed by atoms with van der Waals surface area (Å²) in [6.45, 7) is 5.51. The second-order valence-electron chi connectivity index (χ2n) is 4.98. The van der Waals surface area contributed by atoms with Crippen molar-refractivity contribution in [3.63, 3.8) is 0 Å². The van der Waals surface area contributed by atoms with Gasteiger partial charge < -0.3 is 5.11 Å². The standard InChI is InChI=1S/C13H22N2O/c1-3-11-8-12(15(4-2)14-11)9-13(10-16)6-5-7-13/h8,16H,3-7,9-10H2,1-2H3. The van der Waals surface area contributed by atoms with Crippen LogP contribution in [0.25, 0.3) is 0 Å². The molecule has 1 saturated carbocycles. The van der Waals surface area contributed by atoms with Crippen LogP contribution < -0.4 is 0 Å². The first kappa shape index (κ1) is 11.6. The molecule has 2 rings (SSSR count). The number of hydrogen-bond donors (Lipinski definition) is 1. The zero-order chi connectivity index (χ0) is 11.6. The van der Waals surface area contributed by atoms with Crippen LogP contribution in [0.4, 0.5) is 0 Å². The summed E-state index contributed by atoms with van der Waals surface area (Å²) in [5, 5.41) is 14.1. The molecule has 0 aliphatic heterocycles. The summed E-state index contributed by atoms with van der Waals surface area (Å²) in [6.07, 6.45) is 5.58. The lowest BCUT2D eigenvalue weighted by atomic mass is 9.66. The normalized spacial score (nSPS) is 18.4. The van der Waals surface area contributed by atoms with Crippen LogP contribution in [0, 0.1) is 5.41 Å². The largest absolute Gasteiger partial charge is 0.396 e. The first-order valence-corrected chi connectivity index (χ1v) is 6.39. The number of aryl methyl sites for hydroxylation is 2. The van der Waals surface area contributed by atoms with Crippen LogP contribution in [0.2, 0.25) is 0 Å². The first-order valence-electron chi connectivity index (χ1n) is 6.39. The minimum atomic E-state index is 0.165. The van der Waals surface area contributed by atoms with E-state index in [-0.39, 0.29) is 5.41 Å². The van der Waals surface area contributed by atoms with Crippen molar-refractivity contribution in [1.82, 2.24) is 9.78 Å². The van der Waals surface area contributed by atoms with Crippen LogP contribution in [0.1, 0.15) is 44.5 Å². The maximum Gasteiger partial charge on any atom is 0.0624 e. The Labute approximate surface area is 97.5 Å². The Kier molecular flexibility index (Phi) is 3.33. The van der Waals surface area contributed by atoms with E-state index in [9.17, 15) is 5.11 Å². The Bertz CT molecular complexity index is 347. The number of hydrogen-bond acceptors (Lipinski definition) is 2. The molecule has 0 aromatic carbocycles. The molecule has 0 saturated heterocycles. The van der Waals surface area contributed by atoms with Gasteiger partial charge in [-0.05, 0) is 44.1 Å². The van der Waals surface area contributed by atoms with Crippen molar-refractivity contribution in [2.24, 2.45) is 5.41 Å². The molecule has 0 amide bonds. The van der Waals surface area contributed by atoms with Crippen LogP contribution in [0.5, 0.6) is 0 Å². The molecular weight excluding hydrogens is 200 g/mol. The van der Waals surface area contributed by atoms with E-state index in [1.165, 1.54) is 30.7 Å². The highest BCUT2D eigenvalue weighted by molar-refractivity contribution is 5.13. The van der Waals surface area contributed by atoms with Crippen molar-refractivity contribution in [3.8, 4) is 0 Å². The van der Waals surface area contributed by atoms with E-state index >= 15 is 0 Å². The van der Waals surface area contributed by atoms with Gasteiger partial charge in [-0.1, -0.05) is 13.3 Å². The summed E-state index contributed by atoms with van der Waals surface area (Å²) in [6, 6.07) is 2.21. The molecule has 1 aliphatic rings. The molecule has 90 valence electrons. The quantitative estimate of drug-likeness (QED) is 0.829. The number of rotatable bonds is 5. The second-order valence-corrected chi connectivity index (χ2v) is 4.98. The molecule has 0 radical (unpaired) electrons. The maximum absolute atomic E-state index is 9.50. The lowest BCUT2D eigenvalue weighted by Crippen LogP contribution is -2.36. The number of nitrogens with zero attached hydrogens (tertiary/aromatic N) is 2.